The first-order valence-electron chi connectivity index (χ1n) is 6.12. The van der Waals surface area contributed by atoms with Crippen molar-refractivity contribution in [2.45, 2.75) is 30.7 Å². The molecule has 0 atom stereocenters. The van der Waals surface area contributed by atoms with Crippen LogP contribution in [0.25, 0.3) is 0 Å². The van der Waals surface area contributed by atoms with Gasteiger partial charge in [-0.25, -0.2) is 13.1 Å². The van der Waals surface area contributed by atoms with Gasteiger partial charge in [0.05, 0.1) is 19.1 Å². The molecule has 0 saturated heterocycles. The third kappa shape index (κ3) is 4.09. The van der Waals surface area contributed by atoms with Crippen LogP contribution in [-0.4, -0.2) is 39.9 Å². The SMILES string of the molecule is COc1ccc(S(=O)(=O)NC(C)(C)CCO)cc1OC. The Morgan fingerprint density at radius 3 is 2.30 bits per heavy atom. The molecule has 0 aromatic heterocycles. The highest BCUT2D eigenvalue weighted by molar-refractivity contribution is 7.89. The normalized spacial score (nSPS) is 12.2. The molecule has 1 aromatic carbocycles. The number of ether oxygens (including phenoxy) is 2. The Labute approximate surface area is 119 Å². The number of benzene rings is 1. The van der Waals surface area contributed by atoms with E-state index in [0.29, 0.717) is 17.9 Å². The summed E-state index contributed by atoms with van der Waals surface area (Å²) in [5.74, 6) is 0.802. The molecule has 6 nitrogen and oxygen atoms in total. The molecule has 0 aliphatic rings. The van der Waals surface area contributed by atoms with Crippen molar-refractivity contribution in [1.29, 1.82) is 0 Å². The maximum atomic E-state index is 12.3. The highest BCUT2D eigenvalue weighted by Crippen LogP contribution is 2.29. The summed E-state index contributed by atoms with van der Waals surface area (Å²) >= 11 is 0. The van der Waals surface area contributed by atoms with Crippen molar-refractivity contribution in [2.24, 2.45) is 0 Å². The fraction of sp³-hybridized carbons (Fsp3) is 0.538. The minimum absolute atomic E-state index is 0.0844. The summed E-state index contributed by atoms with van der Waals surface area (Å²) in [5, 5.41) is 8.95. The molecule has 0 spiro atoms. The number of methoxy groups -OCH3 is 2. The predicted molar refractivity (Wildman–Crippen MR) is 75.6 cm³/mol. The molecule has 1 rings (SSSR count). The summed E-state index contributed by atoms with van der Waals surface area (Å²) in [4.78, 5) is 0.0844. The first-order chi connectivity index (χ1) is 9.25. The Hall–Kier alpha value is -1.31. The van der Waals surface area contributed by atoms with Crippen LogP contribution < -0.4 is 14.2 Å². The Balaban J connectivity index is 3.10. The highest BCUT2D eigenvalue weighted by Gasteiger charge is 2.26. The predicted octanol–water partition coefficient (Wildman–Crippen LogP) is 1.14. The van der Waals surface area contributed by atoms with Crippen LogP contribution in [0.5, 0.6) is 11.5 Å². The van der Waals surface area contributed by atoms with E-state index in [1.807, 2.05) is 0 Å². The Morgan fingerprint density at radius 1 is 1.20 bits per heavy atom. The van der Waals surface area contributed by atoms with Crippen LogP contribution in [0.1, 0.15) is 20.3 Å². The molecular formula is C13H21NO5S. The van der Waals surface area contributed by atoms with Gasteiger partial charge in [0.1, 0.15) is 0 Å². The number of hydrogen-bond donors (Lipinski definition) is 2. The number of rotatable bonds is 7. The van der Waals surface area contributed by atoms with Gasteiger partial charge in [0.25, 0.3) is 0 Å². The fourth-order valence-electron chi connectivity index (χ4n) is 1.74. The molecule has 20 heavy (non-hydrogen) atoms. The summed E-state index contributed by atoms with van der Waals surface area (Å²) in [6, 6.07) is 4.38. The molecule has 0 fully saturated rings. The molecule has 0 radical (unpaired) electrons. The molecule has 0 amide bonds. The second-order valence-electron chi connectivity index (χ2n) is 4.98. The van der Waals surface area contributed by atoms with Gasteiger partial charge < -0.3 is 14.6 Å². The van der Waals surface area contributed by atoms with Crippen LogP contribution in [0, 0.1) is 0 Å². The van der Waals surface area contributed by atoms with Crippen LogP contribution in [0.15, 0.2) is 23.1 Å². The topological polar surface area (TPSA) is 84.9 Å². The first kappa shape index (κ1) is 16.7. The summed E-state index contributed by atoms with van der Waals surface area (Å²) in [5.41, 5.74) is -0.735. The van der Waals surface area contributed by atoms with E-state index in [0.717, 1.165) is 0 Å². The zero-order valence-corrected chi connectivity index (χ0v) is 13.0. The number of sulfonamides is 1. The maximum absolute atomic E-state index is 12.3. The molecule has 2 N–H and O–H groups in total. The van der Waals surface area contributed by atoms with Gasteiger partial charge in [0, 0.05) is 18.2 Å². The Kier molecular flexibility index (Phi) is 5.38. The van der Waals surface area contributed by atoms with Crippen molar-refractivity contribution in [3.8, 4) is 11.5 Å². The van der Waals surface area contributed by atoms with E-state index in [2.05, 4.69) is 4.72 Å². The van der Waals surface area contributed by atoms with E-state index in [4.69, 9.17) is 14.6 Å². The van der Waals surface area contributed by atoms with Crippen LogP contribution in [-0.2, 0) is 10.0 Å². The average Bonchev–Trinajstić information content (AvgIpc) is 2.36. The first-order valence-corrected chi connectivity index (χ1v) is 7.61. The van der Waals surface area contributed by atoms with E-state index in [1.54, 1.807) is 13.8 Å². The molecule has 0 aliphatic carbocycles. The van der Waals surface area contributed by atoms with Crippen molar-refractivity contribution in [3.05, 3.63) is 18.2 Å². The van der Waals surface area contributed by atoms with Gasteiger partial charge in [-0.05, 0) is 32.4 Å². The number of aliphatic hydroxyl groups excluding tert-OH is 1. The van der Waals surface area contributed by atoms with Crippen molar-refractivity contribution >= 4 is 10.0 Å². The van der Waals surface area contributed by atoms with Crippen molar-refractivity contribution < 1.29 is 23.0 Å². The second kappa shape index (κ2) is 6.43. The number of nitrogens with one attached hydrogen (secondary N) is 1. The molecule has 0 heterocycles. The number of aliphatic hydroxyl groups is 1. The summed E-state index contributed by atoms with van der Waals surface area (Å²) in [7, 11) is -0.772. The van der Waals surface area contributed by atoms with Crippen molar-refractivity contribution in [1.82, 2.24) is 4.72 Å². The third-order valence-electron chi connectivity index (χ3n) is 2.81. The van der Waals surface area contributed by atoms with Gasteiger partial charge in [-0.15, -0.1) is 0 Å². The van der Waals surface area contributed by atoms with Gasteiger partial charge in [-0.3, -0.25) is 0 Å². The molecule has 114 valence electrons. The summed E-state index contributed by atoms with van der Waals surface area (Å²) in [6.07, 6.45) is 0.319. The standard InChI is InChI=1S/C13H21NO5S/c1-13(2,7-8-15)14-20(16,17)10-5-6-11(18-3)12(9-10)19-4/h5-6,9,14-15H,7-8H2,1-4H3. The fourth-order valence-corrected chi connectivity index (χ4v) is 3.19. The van der Waals surface area contributed by atoms with Gasteiger partial charge in [-0.1, -0.05) is 0 Å². The van der Waals surface area contributed by atoms with Crippen LogP contribution in [0.4, 0.5) is 0 Å². The minimum atomic E-state index is -3.69. The smallest absolute Gasteiger partial charge is 0.241 e. The monoisotopic (exact) mass is 303 g/mol. The molecule has 0 aliphatic heterocycles. The molecule has 1 aromatic rings. The molecule has 0 saturated carbocycles. The lowest BCUT2D eigenvalue weighted by molar-refractivity contribution is 0.245. The van der Waals surface area contributed by atoms with E-state index < -0.39 is 15.6 Å². The molecular weight excluding hydrogens is 282 g/mol. The molecule has 7 heteroatoms. The number of hydrogen-bond acceptors (Lipinski definition) is 5. The lowest BCUT2D eigenvalue weighted by Gasteiger charge is -2.25. The van der Waals surface area contributed by atoms with Gasteiger partial charge in [0.2, 0.25) is 10.0 Å². The van der Waals surface area contributed by atoms with E-state index in [-0.39, 0.29) is 11.5 Å². The Morgan fingerprint density at radius 2 is 1.80 bits per heavy atom. The lowest BCUT2D eigenvalue weighted by atomic mass is 10.0. The van der Waals surface area contributed by atoms with Gasteiger partial charge in [-0.2, -0.15) is 0 Å². The van der Waals surface area contributed by atoms with Crippen molar-refractivity contribution in [2.75, 3.05) is 20.8 Å². The third-order valence-corrected chi connectivity index (χ3v) is 4.51. The van der Waals surface area contributed by atoms with E-state index >= 15 is 0 Å². The Bertz CT molecular complexity index is 554. The summed E-state index contributed by atoms with van der Waals surface area (Å²) < 4.78 is 37.3. The summed E-state index contributed by atoms with van der Waals surface area (Å²) in [6.45, 7) is 3.32. The quantitative estimate of drug-likeness (QED) is 0.789. The molecule has 0 bridgehead atoms. The van der Waals surface area contributed by atoms with E-state index in [9.17, 15) is 8.42 Å². The zero-order chi connectivity index (χ0) is 15.4. The zero-order valence-electron chi connectivity index (χ0n) is 12.1. The lowest BCUT2D eigenvalue weighted by Crippen LogP contribution is -2.43. The second-order valence-corrected chi connectivity index (χ2v) is 6.66. The van der Waals surface area contributed by atoms with Crippen LogP contribution in [0.2, 0.25) is 0 Å². The van der Waals surface area contributed by atoms with Gasteiger partial charge in [0.15, 0.2) is 11.5 Å². The highest BCUT2D eigenvalue weighted by atomic mass is 32.2. The van der Waals surface area contributed by atoms with Crippen LogP contribution in [0.3, 0.4) is 0 Å². The van der Waals surface area contributed by atoms with Crippen LogP contribution >= 0.6 is 0 Å². The largest absolute Gasteiger partial charge is 0.493 e. The minimum Gasteiger partial charge on any atom is -0.493 e. The molecule has 0 unspecified atom stereocenters. The maximum Gasteiger partial charge on any atom is 0.241 e. The van der Waals surface area contributed by atoms with Gasteiger partial charge >= 0.3 is 0 Å². The van der Waals surface area contributed by atoms with Crippen molar-refractivity contribution in [3.63, 3.8) is 0 Å². The average molecular weight is 303 g/mol. The van der Waals surface area contributed by atoms with E-state index in [1.165, 1.54) is 32.4 Å².